The molecule has 0 spiro atoms. The molecule has 0 N–H and O–H groups in total. The van der Waals surface area contributed by atoms with Crippen molar-refractivity contribution in [3.63, 3.8) is 0 Å². The van der Waals surface area contributed by atoms with Crippen molar-refractivity contribution in [1.82, 2.24) is 0 Å². The molecule has 2 unspecified atom stereocenters. The molecular formula is C16H13NS. The molecule has 88 valence electrons. The van der Waals surface area contributed by atoms with E-state index in [4.69, 9.17) is 4.99 Å². The van der Waals surface area contributed by atoms with Gasteiger partial charge in [-0.3, -0.25) is 4.99 Å². The SMILES string of the molecule is C1=c2ccccc2=NC2c3ccccc3SCC12. The van der Waals surface area contributed by atoms with Gasteiger partial charge in [0.25, 0.3) is 0 Å². The molecule has 4 rings (SSSR count). The first-order valence-electron chi connectivity index (χ1n) is 6.28. The van der Waals surface area contributed by atoms with Gasteiger partial charge in [0, 0.05) is 16.6 Å². The Labute approximate surface area is 110 Å². The summed E-state index contributed by atoms with van der Waals surface area (Å²) in [5, 5.41) is 2.43. The van der Waals surface area contributed by atoms with Crippen LogP contribution in [0.5, 0.6) is 0 Å². The van der Waals surface area contributed by atoms with Crippen molar-refractivity contribution in [2.75, 3.05) is 5.75 Å². The highest BCUT2D eigenvalue weighted by Crippen LogP contribution is 2.42. The van der Waals surface area contributed by atoms with Crippen LogP contribution in [0.3, 0.4) is 0 Å². The molecule has 2 aliphatic rings. The molecule has 0 aliphatic carbocycles. The maximum atomic E-state index is 4.96. The van der Waals surface area contributed by atoms with Crippen LogP contribution in [0.15, 0.2) is 58.4 Å². The number of nitrogens with zero attached hydrogens (tertiary/aromatic N) is 1. The molecule has 0 saturated heterocycles. The number of rotatable bonds is 0. The summed E-state index contributed by atoms with van der Waals surface area (Å²) in [7, 11) is 0. The minimum Gasteiger partial charge on any atom is -0.276 e. The highest BCUT2D eigenvalue weighted by molar-refractivity contribution is 7.99. The fraction of sp³-hybridized carbons (Fsp3) is 0.188. The second-order valence-corrected chi connectivity index (χ2v) is 5.87. The number of benzene rings is 2. The minimum atomic E-state index is 0.317. The Bertz CT molecular complexity index is 720. The van der Waals surface area contributed by atoms with Crippen LogP contribution in [0.2, 0.25) is 0 Å². The summed E-state index contributed by atoms with van der Waals surface area (Å²) in [5.41, 5.74) is 1.39. The third-order valence-electron chi connectivity index (χ3n) is 3.68. The molecule has 2 aliphatic heterocycles. The Morgan fingerprint density at radius 2 is 1.83 bits per heavy atom. The lowest BCUT2D eigenvalue weighted by Gasteiger charge is -2.30. The van der Waals surface area contributed by atoms with E-state index in [0.717, 1.165) is 11.1 Å². The molecule has 2 heterocycles. The van der Waals surface area contributed by atoms with Crippen LogP contribution in [0, 0.1) is 5.92 Å². The molecule has 2 aromatic rings. The Morgan fingerprint density at radius 1 is 1.00 bits per heavy atom. The Balaban J connectivity index is 1.95. The molecule has 0 radical (unpaired) electrons. The van der Waals surface area contributed by atoms with Gasteiger partial charge in [-0.2, -0.15) is 0 Å². The monoisotopic (exact) mass is 251 g/mol. The van der Waals surface area contributed by atoms with E-state index in [9.17, 15) is 0 Å². The van der Waals surface area contributed by atoms with E-state index < -0.39 is 0 Å². The van der Waals surface area contributed by atoms with E-state index >= 15 is 0 Å². The lowest BCUT2D eigenvalue weighted by Crippen LogP contribution is -2.34. The first-order valence-corrected chi connectivity index (χ1v) is 7.27. The van der Waals surface area contributed by atoms with Gasteiger partial charge in [0.1, 0.15) is 0 Å². The van der Waals surface area contributed by atoms with Gasteiger partial charge in [0.2, 0.25) is 0 Å². The molecular weight excluding hydrogens is 238 g/mol. The van der Waals surface area contributed by atoms with Crippen LogP contribution in [-0.4, -0.2) is 5.75 Å². The van der Waals surface area contributed by atoms with Gasteiger partial charge in [-0.25, -0.2) is 0 Å². The van der Waals surface area contributed by atoms with Gasteiger partial charge in [-0.15, -0.1) is 11.8 Å². The van der Waals surface area contributed by atoms with Crippen LogP contribution in [0.25, 0.3) is 6.08 Å². The second-order valence-electron chi connectivity index (χ2n) is 4.81. The van der Waals surface area contributed by atoms with Crippen molar-refractivity contribution in [2.45, 2.75) is 10.9 Å². The van der Waals surface area contributed by atoms with E-state index in [2.05, 4.69) is 54.6 Å². The van der Waals surface area contributed by atoms with Gasteiger partial charge >= 0.3 is 0 Å². The van der Waals surface area contributed by atoms with Crippen molar-refractivity contribution in [3.05, 3.63) is 64.7 Å². The van der Waals surface area contributed by atoms with Crippen LogP contribution in [0.1, 0.15) is 11.6 Å². The molecule has 0 fully saturated rings. The zero-order valence-electron chi connectivity index (χ0n) is 9.91. The average Bonchev–Trinajstić information content (AvgIpc) is 2.45. The van der Waals surface area contributed by atoms with E-state index in [0.29, 0.717) is 12.0 Å². The largest absolute Gasteiger partial charge is 0.276 e. The molecule has 2 aromatic carbocycles. The number of hydrogen-bond acceptors (Lipinski definition) is 2. The first-order chi connectivity index (χ1) is 8.92. The molecule has 18 heavy (non-hydrogen) atoms. The molecule has 2 atom stereocenters. The average molecular weight is 251 g/mol. The van der Waals surface area contributed by atoms with Crippen LogP contribution >= 0.6 is 11.8 Å². The molecule has 2 heteroatoms. The summed E-state index contributed by atoms with van der Waals surface area (Å²) in [5.74, 6) is 1.68. The lowest BCUT2D eigenvalue weighted by atomic mass is 9.91. The number of hydrogen-bond donors (Lipinski definition) is 0. The Kier molecular flexibility index (Phi) is 2.30. The maximum absolute atomic E-state index is 4.96. The molecule has 0 saturated carbocycles. The topological polar surface area (TPSA) is 12.4 Å². The van der Waals surface area contributed by atoms with Gasteiger partial charge in [0.15, 0.2) is 0 Å². The van der Waals surface area contributed by atoms with Crippen molar-refractivity contribution >= 4 is 17.8 Å². The smallest absolute Gasteiger partial charge is 0.0838 e. The highest BCUT2D eigenvalue weighted by Gasteiger charge is 2.29. The fourth-order valence-corrected chi connectivity index (χ4v) is 3.98. The second kappa shape index (κ2) is 3.99. The molecule has 0 amide bonds. The van der Waals surface area contributed by atoms with Crippen molar-refractivity contribution in [2.24, 2.45) is 10.9 Å². The van der Waals surface area contributed by atoms with Crippen molar-refractivity contribution in [3.8, 4) is 0 Å². The minimum absolute atomic E-state index is 0.317. The summed E-state index contributed by atoms with van der Waals surface area (Å²) in [6.45, 7) is 0. The zero-order valence-corrected chi connectivity index (χ0v) is 10.7. The highest BCUT2D eigenvalue weighted by atomic mass is 32.2. The predicted octanol–water partition coefficient (Wildman–Crippen LogP) is 2.56. The van der Waals surface area contributed by atoms with Gasteiger partial charge in [-0.05, 0) is 22.9 Å². The maximum Gasteiger partial charge on any atom is 0.0838 e. The standard InChI is InChI=1S/C16H13NS/c1-3-7-14-11(5-1)9-12-10-18-15-8-4-2-6-13(15)16(12)17-14/h1-9,12,16H,10H2. The molecule has 0 aromatic heterocycles. The predicted molar refractivity (Wildman–Crippen MR) is 75.1 cm³/mol. The van der Waals surface area contributed by atoms with Gasteiger partial charge in [-0.1, -0.05) is 42.5 Å². The van der Waals surface area contributed by atoms with Gasteiger partial charge in [0.05, 0.1) is 11.4 Å². The number of fused-ring (bicyclic) bond motifs is 4. The number of thioether (sulfide) groups is 1. The summed E-state index contributed by atoms with van der Waals surface area (Å²) >= 11 is 1.96. The van der Waals surface area contributed by atoms with E-state index in [1.807, 2.05) is 11.8 Å². The zero-order chi connectivity index (χ0) is 11.9. The van der Waals surface area contributed by atoms with Crippen LogP contribution in [0.4, 0.5) is 0 Å². The Hall–Kier alpha value is -1.54. The van der Waals surface area contributed by atoms with Crippen LogP contribution < -0.4 is 10.6 Å². The summed E-state index contributed by atoms with van der Waals surface area (Å²) in [6, 6.07) is 17.4. The Morgan fingerprint density at radius 3 is 2.83 bits per heavy atom. The van der Waals surface area contributed by atoms with E-state index in [1.54, 1.807) is 0 Å². The summed E-state index contributed by atoms with van der Waals surface area (Å²) < 4.78 is 0. The molecule has 1 nitrogen and oxygen atoms in total. The third kappa shape index (κ3) is 1.52. The normalized spacial score (nSPS) is 24.0. The quantitative estimate of drug-likeness (QED) is 0.701. The summed E-state index contributed by atoms with van der Waals surface area (Å²) in [4.78, 5) is 6.36. The molecule has 0 bridgehead atoms. The van der Waals surface area contributed by atoms with Crippen molar-refractivity contribution < 1.29 is 0 Å². The lowest BCUT2D eigenvalue weighted by molar-refractivity contribution is 0.560. The van der Waals surface area contributed by atoms with E-state index in [1.165, 1.54) is 15.7 Å². The third-order valence-corrected chi connectivity index (χ3v) is 4.92. The summed E-state index contributed by atoms with van der Waals surface area (Å²) in [6.07, 6.45) is 2.40. The van der Waals surface area contributed by atoms with Gasteiger partial charge < -0.3 is 0 Å². The first kappa shape index (κ1) is 10.4. The van der Waals surface area contributed by atoms with E-state index in [-0.39, 0.29) is 0 Å². The van der Waals surface area contributed by atoms with Crippen LogP contribution in [-0.2, 0) is 0 Å². The van der Waals surface area contributed by atoms with Crippen molar-refractivity contribution in [1.29, 1.82) is 0 Å². The fourth-order valence-electron chi connectivity index (χ4n) is 2.80. The number of para-hydroxylation sites is 1.